The largest absolute Gasteiger partial charge is 0.393 e. The molecule has 2 saturated heterocycles. The number of rotatable bonds is 4. The third-order valence-electron chi connectivity index (χ3n) is 4.52. The molecule has 0 radical (unpaired) electrons. The summed E-state index contributed by atoms with van der Waals surface area (Å²) < 4.78 is 5.55. The Morgan fingerprint density at radius 2 is 2.16 bits per heavy atom. The molecular formula is C14H24N2O2S. The van der Waals surface area contributed by atoms with Gasteiger partial charge in [-0.15, -0.1) is 0 Å². The van der Waals surface area contributed by atoms with Crippen molar-refractivity contribution in [3.05, 3.63) is 0 Å². The van der Waals surface area contributed by atoms with Gasteiger partial charge in [0.25, 0.3) is 0 Å². The molecule has 0 saturated carbocycles. The smallest absolute Gasteiger partial charge is 0.222 e. The molecule has 0 aromatic heterocycles. The van der Waals surface area contributed by atoms with Gasteiger partial charge in [0, 0.05) is 31.5 Å². The second kappa shape index (κ2) is 6.18. The molecule has 0 aromatic carbocycles. The number of nitrogens with two attached hydrogens (primary N) is 1. The Labute approximate surface area is 120 Å². The lowest BCUT2D eigenvalue weighted by atomic mass is 9.80. The highest BCUT2D eigenvalue weighted by molar-refractivity contribution is 7.80. The molecule has 0 spiro atoms. The highest BCUT2D eigenvalue weighted by atomic mass is 32.1. The maximum atomic E-state index is 12.1. The van der Waals surface area contributed by atoms with Crippen molar-refractivity contribution in [3.8, 4) is 0 Å². The lowest BCUT2D eigenvalue weighted by Crippen LogP contribution is -2.46. The van der Waals surface area contributed by atoms with Crippen molar-refractivity contribution in [2.24, 2.45) is 11.1 Å². The van der Waals surface area contributed by atoms with Crippen molar-refractivity contribution in [1.82, 2.24) is 4.90 Å². The molecule has 5 heteroatoms. The maximum absolute atomic E-state index is 12.1. The van der Waals surface area contributed by atoms with Gasteiger partial charge >= 0.3 is 0 Å². The SMILES string of the molecule is CC1(C(N)=S)CCN(C(=O)CCC2CCCO2)CC1. The summed E-state index contributed by atoms with van der Waals surface area (Å²) in [6.45, 7) is 4.51. The first-order valence-electron chi connectivity index (χ1n) is 7.20. The molecule has 2 rings (SSSR count). The van der Waals surface area contributed by atoms with Gasteiger partial charge in [0.05, 0.1) is 11.1 Å². The van der Waals surface area contributed by atoms with Crippen LogP contribution in [0.3, 0.4) is 0 Å². The van der Waals surface area contributed by atoms with Crippen LogP contribution in [-0.2, 0) is 9.53 Å². The van der Waals surface area contributed by atoms with E-state index in [1.165, 1.54) is 0 Å². The summed E-state index contributed by atoms with van der Waals surface area (Å²) in [7, 11) is 0. The van der Waals surface area contributed by atoms with Crippen molar-refractivity contribution in [2.75, 3.05) is 19.7 Å². The van der Waals surface area contributed by atoms with E-state index in [2.05, 4.69) is 6.92 Å². The summed E-state index contributed by atoms with van der Waals surface area (Å²) in [5.41, 5.74) is 5.71. The molecule has 1 amide bonds. The summed E-state index contributed by atoms with van der Waals surface area (Å²) in [5.74, 6) is 0.250. The molecule has 2 heterocycles. The number of nitrogens with zero attached hydrogens (tertiary/aromatic N) is 1. The first-order valence-corrected chi connectivity index (χ1v) is 7.61. The van der Waals surface area contributed by atoms with Crippen LogP contribution in [0.15, 0.2) is 0 Å². The number of piperidine rings is 1. The minimum Gasteiger partial charge on any atom is -0.393 e. The molecule has 2 fully saturated rings. The normalized spacial score (nSPS) is 26.4. The van der Waals surface area contributed by atoms with Gasteiger partial charge in [0.1, 0.15) is 0 Å². The van der Waals surface area contributed by atoms with E-state index in [1.54, 1.807) is 0 Å². The van der Waals surface area contributed by atoms with Crippen LogP contribution >= 0.6 is 12.2 Å². The fraction of sp³-hybridized carbons (Fsp3) is 0.857. The van der Waals surface area contributed by atoms with Crippen LogP contribution in [0.5, 0.6) is 0 Å². The van der Waals surface area contributed by atoms with Gasteiger partial charge in [-0.25, -0.2) is 0 Å². The van der Waals surface area contributed by atoms with E-state index in [4.69, 9.17) is 22.7 Å². The molecule has 108 valence electrons. The standard InChI is InChI=1S/C14H24N2O2S/c1-14(13(15)19)6-8-16(9-7-14)12(17)5-4-11-3-2-10-18-11/h11H,2-10H2,1H3,(H2,15,19). The third kappa shape index (κ3) is 3.66. The average Bonchev–Trinajstić information content (AvgIpc) is 2.90. The van der Waals surface area contributed by atoms with Crippen LogP contribution in [0.1, 0.15) is 45.4 Å². The predicted octanol–water partition coefficient (Wildman–Crippen LogP) is 1.86. The maximum Gasteiger partial charge on any atom is 0.222 e. The molecule has 2 aliphatic rings. The summed E-state index contributed by atoms with van der Waals surface area (Å²) in [6.07, 6.45) is 5.77. The van der Waals surface area contributed by atoms with Crippen LogP contribution in [-0.4, -0.2) is 41.6 Å². The zero-order valence-electron chi connectivity index (χ0n) is 11.7. The molecule has 2 aliphatic heterocycles. The van der Waals surface area contributed by atoms with Crippen LogP contribution in [0.25, 0.3) is 0 Å². The van der Waals surface area contributed by atoms with Crippen LogP contribution < -0.4 is 5.73 Å². The lowest BCUT2D eigenvalue weighted by molar-refractivity contribution is -0.133. The number of carbonyl (C=O) groups is 1. The Balaban J connectivity index is 1.74. The molecule has 19 heavy (non-hydrogen) atoms. The van der Waals surface area contributed by atoms with Gasteiger partial charge in [-0.2, -0.15) is 0 Å². The molecule has 1 atom stereocenters. The van der Waals surface area contributed by atoms with Crippen molar-refractivity contribution >= 4 is 23.1 Å². The van der Waals surface area contributed by atoms with Crippen LogP contribution in [0, 0.1) is 5.41 Å². The second-order valence-corrected chi connectivity index (χ2v) is 6.42. The third-order valence-corrected chi connectivity index (χ3v) is 5.01. The van der Waals surface area contributed by atoms with Gasteiger partial charge in [-0.05, 0) is 32.1 Å². The van der Waals surface area contributed by atoms with Gasteiger partial charge in [0.2, 0.25) is 5.91 Å². The van der Waals surface area contributed by atoms with E-state index >= 15 is 0 Å². The van der Waals surface area contributed by atoms with Crippen LogP contribution in [0.4, 0.5) is 0 Å². The van der Waals surface area contributed by atoms with E-state index in [-0.39, 0.29) is 11.3 Å². The van der Waals surface area contributed by atoms with Crippen molar-refractivity contribution in [1.29, 1.82) is 0 Å². The Morgan fingerprint density at radius 1 is 1.47 bits per heavy atom. The first-order chi connectivity index (χ1) is 9.01. The highest BCUT2D eigenvalue weighted by Crippen LogP contribution is 2.31. The number of amides is 1. The number of hydrogen-bond acceptors (Lipinski definition) is 3. The number of ether oxygens (including phenoxy) is 1. The number of thiocarbonyl (C=S) groups is 1. The minimum atomic E-state index is -0.0688. The van der Waals surface area contributed by atoms with Gasteiger partial charge in [-0.3, -0.25) is 4.79 Å². The van der Waals surface area contributed by atoms with Gasteiger partial charge < -0.3 is 15.4 Å². The number of carbonyl (C=O) groups excluding carboxylic acids is 1. The van der Waals surface area contributed by atoms with E-state index in [0.29, 0.717) is 17.5 Å². The van der Waals surface area contributed by atoms with Crippen molar-refractivity contribution in [2.45, 2.75) is 51.6 Å². The molecule has 2 N–H and O–H groups in total. The fourth-order valence-electron chi connectivity index (χ4n) is 2.81. The highest BCUT2D eigenvalue weighted by Gasteiger charge is 2.34. The minimum absolute atomic E-state index is 0.0688. The van der Waals surface area contributed by atoms with Crippen LogP contribution in [0.2, 0.25) is 0 Å². The first kappa shape index (κ1) is 14.7. The van der Waals surface area contributed by atoms with E-state index < -0.39 is 0 Å². The second-order valence-electron chi connectivity index (χ2n) is 5.98. The quantitative estimate of drug-likeness (QED) is 0.801. The fourth-order valence-corrected chi connectivity index (χ4v) is 3.01. The Kier molecular flexibility index (Phi) is 4.79. The zero-order chi connectivity index (χ0) is 13.9. The Morgan fingerprint density at radius 3 is 2.68 bits per heavy atom. The lowest BCUT2D eigenvalue weighted by Gasteiger charge is -2.38. The number of hydrogen-bond donors (Lipinski definition) is 1. The predicted molar refractivity (Wildman–Crippen MR) is 78.9 cm³/mol. The van der Waals surface area contributed by atoms with E-state index in [0.717, 1.165) is 51.8 Å². The number of likely N-dealkylation sites (tertiary alicyclic amines) is 1. The van der Waals surface area contributed by atoms with E-state index in [1.807, 2.05) is 4.90 Å². The van der Waals surface area contributed by atoms with Gasteiger partial charge in [0.15, 0.2) is 0 Å². The van der Waals surface area contributed by atoms with Crippen molar-refractivity contribution < 1.29 is 9.53 Å². The summed E-state index contributed by atoms with van der Waals surface area (Å²) in [6, 6.07) is 0. The summed E-state index contributed by atoms with van der Waals surface area (Å²) in [4.78, 5) is 14.7. The topological polar surface area (TPSA) is 55.6 Å². The molecule has 4 nitrogen and oxygen atoms in total. The van der Waals surface area contributed by atoms with Gasteiger partial charge in [-0.1, -0.05) is 19.1 Å². The summed E-state index contributed by atoms with van der Waals surface area (Å²) in [5, 5.41) is 0. The molecule has 0 aromatic rings. The van der Waals surface area contributed by atoms with E-state index in [9.17, 15) is 4.79 Å². The Bertz CT molecular complexity index is 345. The molecule has 0 bridgehead atoms. The molecular weight excluding hydrogens is 260 g/mol. The Hall–Kier alpha value is -0.680. The summed E-state index contributed by atoms with van der Waals surface area (Å²) >= 11 is 5.11. The molecule has 0 aliphatic carbocycles. The average molecular weight is 284 g/mol. The zero-order valence-corrected chi connectivity index (χ0v) is 12.5. The van der Waals surface area contributed by atoms with Crippen molar-refractivity contribution in [3.63, 3.8) is 0 Å². The molecule has 1 unspecified atom stereocenters. The monoisotopic (exact) mass is 284 g/mol.